The largest absolute Gasteiger partial charge is 0.373 e. The lowest BCUT2D eigenvalue weighted by Crippen LogP contribution is -2.18. The van der Waals surface area contributed by atoms with Gasteiger partial charge < -0.3 is 4.74 Å². The average molecular weight is 247 g/mol. The highest BCUT2D eigenvalue weighted by molar-refractivity contribution is 7.10. The van der Waals surface area contributed by atoms with E-state index in [1.807, 2.05) is 0 Å². The molecular weight excluding hydrogens is 232 g/mol. The van der Waals surface area contributed by atoms with Crippen LogP contribution in [0.4, 0.5) is 0 Å². The SMILES string of the molecule is COC(c1nsc(Cl)n1)C1CCCCC1. The van der Waals surface area contributed by atoms with E-state index in [1.54, 1.807) is 7.11 Å². The van der Waals surface area contributed by atoms with Crippen LogP contribution in [0.1, 0.15) is 44.0 Å². The molecular formula is C10H15ClN2OS. The predicted molar refractivity (Wildman–Crippen MR) is 61.2 cm³/mol. The van der Waals surface area contributed by atoms with Crippen molar-refractivity contribution in [1.29, 1.82) is 0 Å². The number of hydrogen-bond acceptors (Lipinski definition) is 4. The summed E-state index contributed by atoms with van der Waals surface area (Å²) in [6, 6.07) is 0. The van der Waals surface area contributed by atoms with Gasteiger partial charge in [-0.05, 0) is 41.9 Å². The fourth-order valence-electron chi connectivity index (χ4n) is 2.28. The molecule has 1 aliphatic carbocycles. The molecule has 0 radical (unpaired) electrons. The topological polar surface area (TPSA) is 35.0 Å². The van der Waals surface area contributed by atoms with Crippen LogP contribution >= 0.6 is 23.1 Å². The van der Waals surface area contributed by atoms with Gasteiger partial charge in [-0.25, -0.2) is 4.98 Å². The molecule has 1 saturated carbocycles. The lowest BCUT2D eigenvalue weighted by molar-refractivity contribution is 0.0298. The number of methoxy groups -OCH3 is 1. The van der Waals surface area contributed by atoms with Crippen LogP contribution in [-0.2, 0) is 4.74 Å². The molecule has 0 saturated heterocycles. The summed E-state index contributed by atoms with van der Waals surface area (Å²) in [7, 11) is 1.73. The van der Waals surface area contributed by atoms with Crippen LogP contribution in [0.3, 0.4) is 0 Å². The first-order valence-corrected chi connectivity index (χ1v) is 6.48. The molecule has 2 rings (SSSR count). The van der Waals surface area contributed by atoms with E-state index in [0.717, 1.165) is 5.82 Å². The molecule has 15 heavy (non-hydrogen) atoms. The molecule has 1 aromatic heterocycles. The Morgan fingerprint density at radius 2 is 2.13 bits per heavy atom. The van der Waals surface area contributed by atoms with Crippen molar-refractivity contribution >= 4 is 23.1 Å². The maximum absolute atomic E-state index is 5.79. The molecule has 0 N–H and O–H groups in total. The third-order valence-corrected chi connectivity index (χ3v) is 3.82. The van der Waals surface area contributed by atoms with Gasteiger partial charge in [0.15, 0.2) is 5.82 Å². The molecule has 1 aliphatic rings. The van der Waals surface area contributed by atoms with Crippen molar-refractivity contribution in [2.45, 2.75) is 38.2 Å². The van der Waals surface area contributed by atoms with E-state index >= 15 is 0 Å². The Bertz CT molecular complexity index is 312. The standard InChI is InChI=1S/C10H15ClN2OS/c1-14-8(7-5-3-2-4-6-7)9-12-10(11)15-13-9/h7-8H,2-6H2,1H3. The van der Waals surface area contributed by atoms with Gasteiger partial charge in [-0.1, -0.05) is 19.3 Å². The van der Waals surface area contributed by atoms with Gasteiger partial charge in [0.2, 0.25) is 4.47 Å². The van der Waals surface area contributed by atoms with Crippen LogP contribution in [0.5, 0.6) is 0 Å². The first-order chi connectivity index (χ1) is 7.31. The van der Waals surface area contributed by atoms with Gasteiger partial charge in [0, 0.05) is 7.11 Å². The average Bonchev–Trinajstić information content (AvgIpc) is 2.68. The minimum absolute atomic E-state index is 0.0362. The Kier molecular flexibility index (Phi) is 3.94. The quantitative estimate of drug-likeness (QED) is 0.819. The summed E-state index contributed by atoms with van der Waals surface area (Å²) in [4.78, 5) is 4.20. The van der Waals surface area contributed by atoms with Crippen molar-refractivity contribution in [1.82, 2.24) is 9.36 Å². The minimum atomic E-state index is 0.0362. The van der Waals surface area contributed by atoms with E-state index in [9.17, 15) is 0 Å². The second-order valence-electron chi connectivity index (χ2n) is 3.96. The second kappa shape index (κ2) is 5.23. The van der Waals surface area contributed by atoms with Crippen molar-refractivity contribution in [3.05, 3.63) is 10.3 Å². The van der Waals surface area contributed by atoms with Crippen LogP contribution in [-0.4, -0.2) is 16.5 Å². The Hall–Kier alpha value is -0.190. The Labute approximate surface area is 99.0 Å². The highest BCUT2D eigenvalue weighted by Crippen LogP contribution is 2.35. The molecule has 1 heterocycles. The van der Waals surface area contributed by atoms with Crippen LogP contribution in [0.15, 0.2) is 0 Å². The molecule has 0 aliphatic heterocycles. The Balaban J connectivity index is 2.08. The van der Waals surface area contributed by atoms with Crippen LogP contribution in [0, 0.1) is 5.92 Å². The summed E-state index contributed by atoms with van der Waals surface area (Å²) in [5.74, 6) is 1.33. The normalized spacial score (nSPS) is 20.4. The van der Waals surface area contributed by atoms with Gasteiger partial charge in [-0.3, -0.25) is 0 Å². The number of ether oxygens (including phenoxy) is 1. The summed E-state index contributed by atoms with van der Waals surface area (Å²) >= 11 is 7.03. The third kappa shape index (κ3) is 2.68. The molecule has 1 aromatic rings. The van der Waals surface area contributed by atoms with E-state index in [-0.39, 0.29) is 6.10 Å². The zero-order valence-corrected chi connectivity index (χ0v) is 10.4. The fourth-order valence-corrected chi connectivity index (χ4v) is 2.91. The monoisotopic (exact) mass is 246 g/mol. The van der Waals surface area contributed by atoms with E-state index in [0.29, 0.717) is 10.4 Å². The lowest BCUT2D eigenvalue weighted by Gasteiger charge is -2.27. The van der Waals surface area contributed by atoms with E-state index in [4.69, 9.17) is 16.3 Å². The summed E-state index contributed by atoms with van der Waals surface area (Å²) in [5, 5.41) is 0. The van der Waals surface area contributed by atoms with Crippen LogP contribution in [0.25, 0.3) is 0 Å². The number of hydrogen-bond donors (Lipinski definition) is 0. The molecule has 0 bridgehead atoms. The van der Waals surface area contributed by atoms with E-state index < -0.39 is 0 Å². The Morgan fingerprint density at radius 1 is 1.40 bits per heavy atom. The number of rotatable bonds is 3. The van der Waals surface area contributed by atoms with Gasteiger partial charge in [0.25, 0.3) is 0 Å². The third-order valence-electron chi connectivity index (χ3n) is 3.00. The maximum Gasteiger partial charge on any atom is 0.203 e. The molecule has 0 aromatic carbocycles. The molecule has 84 valence electrons. The molecule has 0 spiro atoms. The number of halogens is 1. The van der Waals surface area contributed by atoms with Gasteiger partial charge in [0.05, 0.1) is 0 Å². The lowest BCUT2D eigenvalue weighted by atomic mass is 9.85. The van der Waals surface area contributed by atoms with Gasteiger partial charge >= 0.3 is 0 Å². The minimum Gasteiger partial charge on any atom is -0.373 e. The molecule has 1 fully saturated rings. The zero-order chi connectivity index (χ0) is 10.7. The van der Waals surface area contributed by atoms with Crippen molar-refractivity contribution in [2.75, 3.05) is 7.11 Å². The first kappa shape index (κ1) is 11.3. The van der Waals surface area contributed by atoms with Crippen molar-refractivity contribution in [3.8, 4) is 0 Å². The van der Waals surface area contributed by atoms with Crippen LogP contribution in [0.2, 0.25) is 4.47 Å². The summed E-state index contributed by atoms with van der Waals surface area (Å²) in [5.41, 5.74) is 0. The van der Waals surface area contributed by atoms with Crippen molar-refractivity contribution < 1.29 is 4.74 Å². The first-order valence-electron chi connectivity index (χ1n) is 5.33. The highest BCUT2D eigenvalue weighted by atomic mass is 35.5. The van der Waals surface area contributed by atoms with E-state index in [1.165, 1.54) is 43.6 Å². The molecule has 1 unspecified atom stereocenters. The van der Waals surface area contributed by atoms with Gasteiger partial charge in [0.1, 0.15) is 6.10 Å². The maximum atomic E-state index is 5.79. The van der Waals surface area contributed by atoms with Crippen LogP contribution < -0.4 is 0 Å². The van der Waals surface area contributed by atoms with Gasteiger partial charge in [-0.2, -0.15) is 4.37 Å². The summed E-state index contributed by atoms with van der Waals surface area (Å²) in [6.07, 6.45) is 6.40. The number of nitrogens with zero attached hydrogens (tertiary/aromatic N) is 2. The van der Waals surface area contributed by atoms with Crippen molar-refractivity contribution in [2.24, 2.45) is 5.92 Å². The molecule has 1 atom stereocenters. The summed E-state index contributed by atoms with van der Waals surface area (Å²) in [6.45, 7) is 0. The van der Waals surface area contributed by atoms with E-state index in [2.05, 4.69) is 9.36 Å². The fraction of sp³-hybridized carbons (Fsp3) is 0.800. The van der Waals surface area contributed by atoms with Gasteiger partial charge in [-0.15, -0.1) is 0 Å². The highest BCUT2D eigenvalue weighted by Gasteiger charge is 2.27. The predicted octanol–water partition coefficient (Wildman–Crippen LogP) is 3.46. The number of aromatic nitrogens is 2. The molecule has 3 nitrogen and oxygen atoms in total. The molecule has 5 heteroatoms. The smallest absolute Gasteiger partial charge is 0.203 e. The van der Waals surface area contributed by atoms with Crippen molar-refractivity contribution in [3.63, 3.8) is 0 Å². The molecule has 0 amide bonds. The second-order valence-corrected chi connectivity index (χ2v) is 5.29. The summed E-state index contributed by atoms with van der Waals surface area (Å²) < 4.78 is 10.3. The Morgan fingerprint density at radius 3 is 2.67 bits per heavy atom. The zero-order valence-electron chi connectivity index (χ0n) is 8.78.